The molecule has 0 heterocycles. The Kier molecular flexibility index (Phi) is 39.2. The Bertz CT molecular complexity index is 828. The highest BCUT2D eigenvalue weighted by Gasteiger charge is 2.24. The topological polar surface area (TPSA) is 95.9 Å². The van der Waals surface area contributed by atoms with Gasteiger partial charge in [-0.05, 0) is 64.2 Å². The van der Waals surface area contributed by atoms with E-state index in [0.29, 0.717) is 19.3 Å². The summed E-state index contributed by atoms with van der Waals surface area (Å²) in [6.07, 6.45) is 43.8. The standard InChI is InChI=1S/C46H87NO5/c1-4-7-10-13-16-19-22-24-25-28-31-34-37-42(52-46(51)39-36-33-30-27-23-20-17-14-11-8-5-2)40-45(50)47-43(41-48)44(49)38-35-32-29-26-21-18-15-12-9-6-3/h14,17,25,28,42-44,48-49H,4-13,15-16,18-24,26-27,29-41H2,1-3H3,(H,47,50)/b17-14-,28-25-. The molecule has 0 aromatic heterocycles. The Balaban J connectivity index is 4.64. The summed E-state index contributed by atoms with van der Waals surface area (Å²) in [4.78, 5) is 25.9. The normalized spacial score (nSPS) is 13.6. The van der Waals surface area contributed by atoms with Crippen molar-refractivity contribution in [2.75, 3.05) is 6.61 Å². The Morgan fingerprint density at radius 2 is 0.962 bits per heavy atom. The maximum atomic E-state index is 13.1. The summed E-state index contributed by atoms with van der Waals surface area (Å²) >= 11 is 0. The predicted octanol–water partition coefficient (Wildman–Crippen LogP) is 12.8. The van der Waals surface area contributed by atoms with Crippen LogP contribution in [0.25, 0.3) is 0 Å². The average molecular weight is 734 g/mol. The van der Waals surface area contributed by atoms with Crippen molar-refractivity contribution >= 4 is 11.9 Å². The number of carbonyl (C=O) groups is 2. The highest BCUT2D eigenvalue weighted by molar-refractivity contribution is 5.77. The Morgan fingerprint density at radius 3 is 1.46 bits per heavy atom. The molecule has 6 heteroatoms. The van der Waals surface area contributed by atoms with E-state index in [4.69, 9.17) is 4.74 Å². The molecule has 0 bridgehead atoms. The number of hydrogen-bond acceptors (Lipinski definition) is 5. The van der Waals surface area contributed by atoms with Gasteiger partial charge in [-0.15, -0.1) is 0 Å². The molecule has 0 aliphatic heterocycles. The summed E-state index contributed by atoms with van der Waals surface area (Å²) < 4.78 is 5.87. The van der Waals surface area contributed by atoms with Crippen LogP contribution in [-0.2, 0) is 14.3 Å². The van der Waals surface area contributed by atoms with Crippen LogP contribution in [-0.4, -0.2) is 46.9 Å². The molecule has 0 saturated heterocycles. The number of hydrogen-bond donors (Lipinski definition) is 3. The van der Waals surface area contributed by atoms with E-state index < -0.39 is 18.2 Å². The van der Waals surface area contributed by atoms with Crippen LogP contribution < -0.4 is 5.32 Å². The van der Waals surface area contributed by atoms with Crippen LogP contribution in [0.4, 0.5) is 0 Å². The summed E-state index contributed by atoms with van der Waals surface area (Å²) in [5.74, 6) is -0.511. The first-order valence-corrected chi connectivity index (χ1v) is 22.6. The highest BCUT2D eigenvalue weighted by Crippen LogP contribution is 2.16. The molecule has 0 aromatic rings. The lowest BCUT2D eigenvalue weighted by atomic mass is 10.0. The molecule has 1 amide bonds. The summed E-state index contributed by atoms with van der Waals surface area (Å²) in [5.41, 5.74) is 0. The van der Waals surface area contributed by atoms with Crippen molar-refractivity contribution in [3.8, 4) is 0 Å². The number of allylic oxidation sites excluding steroid dienone is 4. The predicted molar refractivity (Wildman–Crippen MR) is 223 cm³/mol. The highest BCUT2D eigenvalue weighted by atomic mass is 16.5. The first-order chi connectivity index (χ1) is 25.5. The van der Waals surface area contributed by atoms with Gasteiger partial charge in [0.15, 0.2) is 0 Å². The number of esters is 1. The molecule has 0 spiro atoms. The van der Waals surface area contributed by atoms with Gasteiger partial charge in [-0.25, -0.2) is 0 Å². The third-order valence-corrected chi connectivity index (χ3v) is 10.3. The minimum absolute atomic E-state index is 0.0563. The second kappa shape index (κ2) is 40.5. The zero-order chi connectivity index (χ0) is 38.2. The van der Waals surface area contributed by atoms with Crippen LogP contribution in [0, 0.1) is 0 Å². The molecule has 0 aliphatic carbocycles. The number of aliphatic hydroxyl groups excluding tert-OH is 2. The number of ether oxygens (including phenoxy) is 1. The van der Waals surface area contributed by atoms with Gasteiger partial charge in [-0.1, -0.05) is 180 Å². The van der Waals surface area contributed by atoms with Gasteiger partial charge in [0.05, 0.1) is 25.2 Å². The van der Waals surface area contributed by atoms with E-state index in [0.717, 1.165) is 64.2 Å². The Hall–Kier alpha value is -1.66. The van der Waals surface area contributed by atoms with Gasteiger partial charge in [0.1, 0.15) is 6.10 Å². The van der Waals surface area contributed by atoms with Crippen LogP contribution in [0.3, 0.4) is 0 Å². The van der Waals surface area contributed by atoms with E-state index in [1.54, 1.807) is 0 Å². The van der Waals surface area contributed by atoms with E-state index >= 15 is 0 Å². The maximum absolute atomic E-state index is 13.1. The molecule has 0 aliphatic rings. The summed E-state index contributed by atoms with van der Waals surface area (Å²) in [7, 11) is 0. The summed E-state index contributed by atoms with van der Waals surface area (Å²) in [6.45, 7) is 6.41. The van der Waals surface area contributed by atoms with Crippen molar-refractivity contribution in [3.63, 3.8) is 0 Å². The number of aliphatic hydroxyl groups is 2. The molecule has 3 atom stereocenters. The number of carbonyl (C=O) groups excluding carboxylic acids is 2. The summed E-state index contributed by atoms with van der Waals surface area (Å²) in [5, 5.41) is 23.6. The molecule has 0 radical (unpaired) electrons. The van der Waals surface area contributed by atoms with Gasteiger partial charge in [0.2, 0.25) is 5.91 Å². The molecular weight excluding hydrogens is 647 g/mol. The van der Waals surface area contributed by atoms with Crippen molar-refractivity contribution in [2.24, 2.45) is 0 Å². The quantitative estimate of drug-likeness (QED) is 0.0331. The zero-order valence-electron chi connectivity index (χ0n) is 34.7. The van der Waals surface area contributed by atoms with Crippen molar-refractivity contribution < 1.29 is 24.5 Å². The van der Waals surface area contributed by atoms with Crippen LogP contribution in [0.2, 0.25) is 0 Å². The third-order valence-electron chi connectivity index (χ3n) is 10.3. The van der Waals surface area contributed by atoms with Crippen LogP contribution in [0.1, 0.15) is 233 Å². The number of rotatable bonds is 40. The number of amides is 1. The molecule has 0 rings (SSSR count). The fourth-order valence-electron chi connectivity index (χ4n) is 6.76. The van der Waals surface area contributed by atoms with Gasteiger partial charge >= 0.3 is 5.97 Å². The van der Waals surface area contributed by atoms with Gasteiger partial charge < -0.3 is 20.3 Å². The molecule has 0 fully saturated rings. The molecule has 52 heavy (non-hydrogen) atoms. The van der Waals surface area contributed by atoms with Gasteiger partial charge in [0.25, 0.3) is 0 Å². The average Bonchev–Trinajstić information content (AvgIpc) is 3.13. The van der Waals surface area contributed by atoms with Crippen LogP contribution in [0.15, 0.2) is 24.3 Å². The van der Waals surface area contributed by atoms with Gasteiger partial charge in [-0.2, -0.15) is 0 Å². The van der Waals surface area contributed by atoms with Crippen molar-refractivity contribution in [3.05, 3.63) is 24.3 Å². The van der Waals surface area contributed by atoms with E-state index in [9.17, 15) is 19.8 Å². The van der Waals surface area contributed by atoms with E-state index in [-0.39, 0.29) is 24.9 Å². The lowest BCUT2D eigenvalue weighted by Crippen LogP contribution is -2.46. The van der Waals surface area contributed by atoms with Crippen LogP contribution >= 0.6 is 0 Å². The van der Waals surface area contributed by atoms with E-state index in [1.807, 2.05) is 0 Å². The zero-order valence-corrected chi connectivity index (χ0v) is 34.7. The van der Waals surface area contributed by atoms with Crippen molar-refractivity contribution in [1.82, 2.24) is 5.32 Å². The van der Waals surface area contributed by atoms with E-state index in [1.165, 1.54) is 122 Å². The Labute approximate surface area is 322 Å². The van der Waals surface area contributed by atoms with E-state index in [2.05, 4.69) is 50.4 Å². The molecule has 3 unspecified atom stereocenters. The first kappa shape index (κ1) is 50.3. The molecule has 6 nitrogen and oxygen atoms in total. The lowest BCUT2D eigenvalue weighted by Gasteiger charge is -2.24. The SMILES string of the molecule is CCCC/C=C\CCCCCCCC(=O)OC(CCC/C=C\CCCCCCCCC)CC(=O)NC(CO)C(O)CCCCCCCCCCCC. The summed E-state index contributed by atoms with van der Waals surface area (Å²) in [6, 6.07) is -0.705. The molecule has 0 aromatic carbocycles. The molecule has 306 valence electrons. The molecule has 0 saturated carbocycles. The minimum Gasteiger partial charge on any atom is -0.462 e. The Morgan fingerprint density at radius 1 is 0.538 bits per heavy atom. The van der Waals surface area contributed by atoms with Crippen molar-refractivity contribution in [1.29, 1.82) is 0 Å². The largest absolute Gasteiger partial charge is 0.462 e. The monoisotopic (exact) mass is 734 g/mol. The molecule has 3 N–H and O–H groups in total. The fraction of sp³-hybridized carbons (Fsp3) is 0.870. The van der Waals surface area contributed by atoms with Crippen molar-refractivity contribution in [2.45, 2.75) is 251 Å². The lowest BCUT2D eigenvalue weighted by molar-refractivity contribution is -0.151. The number of nitrogens with one attached hydrogen (secondary N) is 1. The smallest absolute Gasteiger partial charge is 0.306 e. The minimum atomic E-state index is -0.789. The number of unbranched alkanes of at least 4 members (excludes halogenated alkanes) is 24. The maximum Gasteiger partial charge on any atom is 0.306 e. The fourth-order valence-corrected chi connectivity index (χ4v) is 6.76. The second-order valence-electron chi connectivity index (χ2n) is 15.4. The van der Waals surface area contributed by atoms with Crippen LogP contribution in [0.5, 0.6) is 0 Å². The van der Waals surface area contributed by atoms with Gasteiger partial charge in [-0.3, -0.25) is 9.59 Å². The third kappa shape index (κ3) is 35.4. The molecular formula is C46H87NO5. The first-order valence-electron chi connectivity index (χ1n) is 22.6. The second-order valence-corrected chi connectivity index (χ2v) is 15.4. The van der Waals surface area contributed by atoms with Gasteiger partial charge in [0, 0.05) is 6.42 Å².